The number of benzene rings is 2. The average molecular weight is 351 g/mol. The molecule has 0 aliphatic carbocycles. The molecule has 2 amide bonds. The van der Waals surface area contributed by atoms with Gasteiger partial charge in [-0.1, -0.05) is 29.8 Å². The number of methoxy groups -OCH3 is 1. The number of nitrogens with one attached hydrogen (secondary N) is 1. The minimum atomic E-state index is -0.448. The zero-order valence-electron chi connectivity index (χ0n) is 13.8. The van der Waals surface area contributed by atoms with Crippen LogP contribution in [0.15, 0.2) is 42.5 Å². The van der Waals surface area contributed by atoms with E-state index >= 15 is 0 Å². The summed E-state index contributed by atoms with van der Waals surface area (Å²) in [4.78, 5) is 13.8. The maximum absolute atomic E-state index is 13.7. The number of carbonyl (C=O) groups is 1. The van der Waals surface area contributed by atoms with E-state index in [0.29, 0.717) is 10.6 Å². The first-order valence-electron chi connectivity index (χ1n) is 7.50. The molecule has 0 heterocycles. The maximum atomic E-state index is 13.7. The number of carbonyl (C=O) groups excluding carboxylic acids is 1. The molecule has 0 aromatic heterocycles. The van der Waals surface area contributed by atoms with E-state index in [9.17, 15) is 9.18 Å². The second-order valence-electron chi connectivity index (χ2n) is 5.55. The van der Waals surface area contributed by atoms with Gasteiger partial charge in [0.2, 0.25) is 0 Å². The zero-order valence-corrected chi connectivity index (χ0v) is 14.6. The van der Waals surface area contributed by atoms with Gasteiger partial charge < -0.3 is 15.0 Å². The van der Waals surface area contributed by atoms with Crippen LogP contribution in [0.2, 0.25) is 5.02 Å². The van der Waals surface area contributed by atoms with Gasteiger partial charge in [-0.2, -0.15) is 0 Å². The van der Waals surface area contributed by atoms with Crippen LogP contribution in [0.3, 0.4) is 0 Å². The maximum Gasteiger partial charge on any atom is 0.317 e. The zero-order chi connectivity index (χ0) is 17.7. The number of rotatable bonds is 5. The first-order valence-corrected chi connectivity index (χ1v) is 7.88. The lowest BCUT2D eigenvalue weighted by atomic mass is 10.1. The highest BCUT2D eigenvalue weighted by Crippen LogP contribution is 2.19. The van der Waals surface area contributed by atoms with E-state index in [0.717, 1.165) is 5.56 Å². The Kier molecular flexibility index (Phi) is 6.04. The first kappa shape index (κ1) is 18.1. The normalized spacial score (nSPS) is 11.7. The van der Waals surface area contributed by atoms with Crippen LogP contribution in [0.1, 0.15) is 24.1 Å². The second-order valence-corrected chi connectivity index (χ2v) is 5.99. The fourth-order valence-electron chi connectivity index (χ4n) is 2.31. The summed E-state index contributed by atoms with van der Waals surface area (Å²) in [5.41, 5.74) is 1.60. The van der Waals surface area contributed by atoms with Gasteiger partial charge in [-0.05, 0) is 42.3 Å². The molecule has 1 atom stereocenters. The van der Waals surface area contributed by atoms with Crippen LogP contribution in [0.4, 0.5) is 9.18 Å². The van der Waals surface area contributed by atoms with Crippen molar-refractivity contribution in [3.05, 3.63) is 64.4 Å². The molecule has 2 aromatic carbocycles. The largest absolute Gasteiger partial charge is 0.494 e. The molecule has 4 nitrogen and oxygen atoms in total. The smallest absolute Gasteiger partial charge is 0.317 e. The summed E-state index contributed by atoms with van der Waals surface area (Å²) in [6, 6.07) is 11.5. The predicted octanol–water partition coefficient (Wildman–Crippen LogP) is 4.39. The molecule has 2 rings (SSSR count). The van der Waals surface area contributed by atoms with Crippen LogP contribution in [0.5, 0.6) is 5.75 Å². The van der Waals surface area contributed by atoms with Crippen molar-refractivity contribution in [3.63, 3.8) is 0 Å². The number of ether oxygens (including phenoxy) is 1. The summed E-state index contributed by atoms with van der Waals surface area (Å²) in [5.74, 6) is -0.267. The van der Waals surface area contributed by atoms with Gasteiger partial charge >= 0.3 is 6.03 Å². The Morgan fingerprint density at radius 1 is 1.33 bits per heavy atom. The fraction of sp³-hybridized carbons (Fsp3) is 0.278. The van der Waals surface area contributed by atoms with Crippen molar-refractivity contribution in [2.24, 2.45) is 0 Å². The van der Waals surface area contributed by atoms with Crippen molar-refractivity contribution < 1.29 is 13.9 Å². The van der Waals surface area contributed by atoms with Gasteiger partial charge in [0.25, 0.3) is 0 Å². The molecule has 24 heavy (non-hydrogen) atoms. The molecule has 0 spiro atoms. The number of nitrogens with zero attached hydrogens (tertiary/aromatic N) is 1. The highest BCUT2D eigenvalue weighted by Gasteiger charge is 2.14. The third-order valence-electron chi connectivity index (χ3n) is 3.67. The van der Waals surface area contributed by atoms with Gasteiger partial charge in [0.1, 0.15) is 0 Å². The van der Waals surface area contributed by atoms with Gasteiger partial charge in [0, 0.05) is 18.6 Å². The van der Waals surface area contributed by atoms with E-state index in [1.165, 1.54) is 18.1 Å². The minimum absolute atomic E-state index is 0.181. The first-order chi connectivity index (χ1) is 11.4. The van der Waals surface area contributed by atoms with Crippen LogP contribution in [-0.4, -0.2) is 25.1 Å². The van der Waals surface area contributed by atoms with E-state index in [-0.39, 0.29) is 24.4 Å². The van der Waals surface area contributed by atoms with Crippen molar-refractivity contribution >= 4 is 17.6 Å². The molecule has 0 saturated carbocycles. The van der Waals surface area contributed by atoms with Crippen LogP contribution < -0.4 is 10.1 Å². The highest BCUT2D eigenvalue weighted by atomic mass is 35.5. The summed E-state index contributed by atoms with van der Waals surface area (Å²) in [5, 5.41) is 3.51. The van der Waals surface area contributed by atoms with E-state index in [2.05, 4.69) is 5.32 Å². The van der Waals surface area contributed by atoms with Crippen molar-refractivity contribution in [2.45, 2.75) is 19.5 Å². The van der Waals surface area contributed by atoms with Crippen molar-refractivity contribution in [1.29, 1.82) is 0 Å². The number of halogens is 2. The predicted molar refractivity (Wildman–Crippen MR) is 92.8 cm³/mol. The molecule has 0 radical (unpaired) electrons. The molecule has 2 aromatic rings. The van der Waals surface area contributed by atoms with Gasteiger partial charge in [0.15, 0.2) is 11.6 Å². The summed E-state index contributed by atoms with van der Waals surface area (Å²) >= 11 is 5.97. The third kappa shape index (κ3) is 4.61. The van der Waals surface area contributed by atoms with Gasteiger partial charge in [-0.3, -0.25) is 0 Å². The van der Waals surface area contributed by atoms with E-state index in [1.54, 1.807) is 25.2 Å². The van der Waals surface area contributed by atoms with Gasteiger partial charge in [0.05, 0.1) is 13.2 Å². The molecule has 0 aliphatic heterocycles. The standard InChI is InChI=1S/C18H20ClFN2O2/c1-12(14-5-4-6-15(19)10-14)21-18(23)22(2)11-13-7-8-17(24-3)16(20)9-13/h4-10,12H,11H2,1-3H3,(H,21,23). The minimum Gasteiger partial charge on any atom is -0.494 e. The summed E-state index contributed by atoms with van der Waals surface area (Å²) in [6.45, 7) is 2.17. The lowest BCUT2D eigenvalue weighted by molar-refractivity contribution is 0.203. The molecule has 128 valence electrons. The van der Waals surface area contributed by atoms with Crippen LogP contribution >= 0.6 is 11.6 Å². The van der Waals surface area contributed by atoms with Gasteiger partial charge in [-0.25, -0.2) is 9.18 Å². The summed E-state index contributed by atoms with van der Waals surface area (Å²) < 4.78 is 18.6. The monoisotopic (exact) mass is 350 g/mol. The molecule has 0 fully saturated rings. The Balaban J connectivity index is 1.98. The lowest BCUT2D eigenvalue weighted by Gasteiger charge is -2.22. The molecule has 0 bridgehead atoms. The molecular weight excluding hydrogens is 331 g/mol. The van der Waals surface area contributed by atoms with Crippen molar-refractivity contribution in [3.8, 4) is 5.75 Å². The summed E-state index contributed by atoms with van der Waals surface area (Å²) in [7, 11) is 3.07. The average Bonchev–Trinajstić information content (AvgIpc) is 2.55. The molecule has 1 N–H and O–H groups in total. The molecule has 1 unspecified atom stereocenters. The van der Waals surface area contributed by atoms with E-state index < -0.39 is 5.82 Å². The Morgan fingerprint density at radius 3 is 2.71 bits per heavy atom. The van der Waals surface area contributed by atoms with Crippen LogP contribution in [0, 0.1) is 5.82 Å². The Bertz CT molecular complexity index is 724. The van der Waals surface area contributed by atoms with E-state index in [4.69, 9.17) is 16.3 Å². The number of hydrogen-bond acceptors (Lipinski definition) is 2. The van der Waals surface area contributed by atoms with Crippen molar-refractivity contribution in [2.75, 3.05) is 14.2 Å². The Hall–Kier alpha value is -2.27. The molecule has 0 aliphatic rings. The Morgan fingerprint density at radius 2 is 2.08 bits per heavy atom. The van der Waals surface area contributed by atoms with Gasteiger partial charge in [-0.15, -0.1) is 0 Å². The number of amides is 2. The molecular formula is C18H20ClFN2O2. The summed E-state index contributed by atoms with van der Waals surface area (Å²) in [6.07, 6.45) is 0. The van der Waals surface area contributed by atoms with E-state index in [1.807, 2.05) is 25.1 Å². The van der Waals surface area contributed by atoms with Crippen molar-refractivity contribution in [1.82, 2.24) is 10.2 Å². The van der Waals surface area contributed by atoms with Crippen LogP contribution in [-0.2, 0) is 6.54 Å². The number of urea groups is 1. The quantitative estimate of drug-likeness (QED) is 0.868. The SMILES string of the molecule is COc1ccc(CN(C)C(=O)NC(C)c2cccc(Cl)c2)cc1F. The molecule has 6 heteroatoms. The Labute approximate surface area is 146 Å². The molecule has 0 saturated heterocycles. The second kappa shape index (κ2) is 8.02. The topological polar surface area (TPSA) is 41.6 Å². The number of hydrogen-bond donors (Lipinski definition) is 1. The van der Waals surface area contributed by atoms with Crippen LogP contribution in [0.25, 0.3) is 0 Å². The fourth-order valence-corrected chi connectivity index (χ4v) is 2.51. The third-order valence-corrected chi connectivity index (χ3v) is 3.91. The lowest BCUT2D eigenvalue weighted by Crippen LogP contribution is -2.38. The highest BCUT2D eigenvalue weighted by molar-refractivity contribution is 6.30.